The van der Waals surface area contributed by atoms with Crippen molar-refractivity contribution in [1.82, 2.24) is 10.6 Å². The molecule has 1 heterocycles. The highest BCUT2D eigenvalue weighted by atomic mass is 32.2. The van der Waals surface area contributed by atoms with Gasteiger partial charge in [-0.3, -0.25) is 4.99 Å². The largest absolute Gasteiger partial charge is 0.356 e. The second-order valence-corrected chi connectivity index (χ2v) is 8.24. The predicted molar refractivity (Wildman–Crippen MR) is 91.2 cm³/mol. The van der Waals surface area contributed by atoms with E-state index in [1.54, 1.807) is 7.05 Å². The van der Waals surface area contributed by atoms with Crippen molar-refractivity contribution in [3.63, 3.8) is 0 Å². The molecule has 5 nitrogen and oxygen atoms in total. The van der Waals surface area contributed by atoms with Crippen molar-refractivity contribution in [3.8, 4) is 0 Å². The molecule has 0 saturated carbocycles. The molecule has 0 radical (unpaired) electrons. The number of nitrogens with one attached hydrogen (secondary N) is 2. The minimum Gasteiger partial charge on any atom is -0.356 e. The fraction of sp³-hybridized carbons (Fsp3) is 0.562. The number of benzene rings is 1. The van der Waals surface area contributed by atoms with Crippen LogP contribution in [-0.2, 0) is 9.84 Å². The van der Waals surface area contributed by atoms with Gasteiger partial charge in [0.15, 0.2) is 15.8 Å². The number of guanidine groups is 1. The average molecular weight is 323 g/mol. The van der Waals surface area contributed by atoms with Gasteiger partial charge < -0.3 is 10.6 Å². The van der Waals surface area contributed by atoms with Crippen LogP contribution in [0.15, 0.2) is 29.3 Å². The molecule has 1 aromatic carbocycles. The van der Waals surface area contributed by atoms with Crippen LogP contribution in [0.1, 0.15) is 30.4 Å². The molecule has 1 aliphatic rings. The standard InChI is InChI=1S/C16H25N3O2S/c1-12-5-4-6-14(9-12)13(2)10-18-16(17-3)19-15-7-8-22(20,21)11-15/h4-6,9,13,15H,7-8,10-11H2,1-3H3,(H2,17,18,19). The van der Waals surface area contributed by atoms with Gasteiger partial charge >= 0.3 is 0 Å². The van der Waals surface area contributed by atoms with Crippen LogP contribution >= 0.6 is 0 Å². The third-order valence-electron chi connectivity index (χ3n) is 3.98. The molecule has 0 spiro atoms. The molecule has 6 heteroatoms. The Morgan fingerprint density at radius 3 is 2.82 bits per heavy atom. The topological polar surface area (TPSA) is 70.6 Å². The summed E-state index contributed by atoms with van der Waals surface area (Å²) in [5.41, 5.74) is 2.54. The number of sulfone groups is 1. The van der Waals surface area contributed by atoms with Crippen LogP contribution in [-0.4, -0.2) is 45.5 Å². The number of nitrogens with zero attached hydrogens (tertiary/aromatic N) is 1. The lowest BCUT2D eigenvalue weighted by atomic mass is 9.99. The van der Waals surface area contributed by atoms with E-state index in [-0.39, 0.29) is 17.5 Å². The van der Waals surface area contributed by atoms with Gasteiger partial charge in [0.05, 0.1) is 11.5 Å². The van der Waals surface area contributed by atoms with Crippen LogP contribution in [0.25, 0.3) is 0 Å². The molecule has 22 heavy (non-hydrogen) atoms. The quantitative estimate of drug-likeness (QED) is 0.650. The van der Waals surface area contributed by atoms with Crippen molar-refractivity contribution in [1.29, 1.82) is 0 Å². The maximum atomic E-state index is 11.5. The van der Waals surface area contributed by atoms with Crippen molar-refractivity contribution in [3.05, 3.63) is 35.4 Å². The van der Waals surface area contributed by atoms with Gasteiger partial charge in [-0.1, -0.05) is 36.8 Å². The van der Waals surface area contributed by atoms with Gasteiger partial charge in [0.2, 0.25) is 0 Å². The van der Waals surface area contributed by atoms with Gasteiger partial charge in [-0.05, 0) is 24.8 Å². The number of hydrogen-bond donors (Lipinski definition) is 2. The smallest absolute Gasteiger partial charge is 0.191 e. The van der Waals surface area contributed by atoms with E-state index < -0.39 is 9.84 Å². The molecule has 2 atom stereocenters. The van der Waals surface area contributed by atoms with Crippen molar-refractivity contribution in [2.75, 3.05) is 25.1 Å². The first-order chi connectivity index (χ1) is 10.4. The van der Waals surface area contributed by atoms with Crippen molar-refractivity contribution >= 4 is 15.8 Å². The molecule has 1 aliphatic heterocycles. The molecule has 1 fully saturated rings. The van der Waals surface area contributed by atoms with E-state index in [1.807, 2.05) is 0 Å². The average Bonchev–Trinajstić information content (AvgIpc) is 2.82. The first-order valence-electron chi connectivity index (χ1n) is 7.64. The number of rotatable bonds is 4. The van der Waals surface area contributed by atoms with Gasteiger partial charge in [-0.2, -0.15) is 0 Å². The summed E-state index contributed by atoms with van der Waals surface area (Å²) < 4.78 is 23.0. The van der Waals surface area contributed by atoms with Crippen LogP contribution in [0.3, 0.4) is 0 Å². The van der Waals surface area contributed by atoms with Gasteiger partial charge in [-0.25, -0.2) is 8.42 Å². The summed E-state index contributed by atoms with van der Waals surface area (Å²) >= 11 is 0. The third-order valence-corrected chi connectivity index (χ3v) is 5.75. The second kappa shape index (κ2) is 7.13. The number of aryl methyl sites for hydroxylation is 1. The highest BCUT2D eigenvalue weighted by Crippen LogP contribution is 2.15. The Morgan fingerprint density at radius 2 is 2.23 bits per heavy atom. The van der Waals surface area contributed by atoms with Gasteiger partial charge in [0.25, 0.3) is 0 Å². The summed E-state index contributed by atoms with van der Waals surface area (Å²) in [4.78, 5) is 4.18. The predicted octanol–water partition coefficient (Wildman–Crippen LogP) is 1.45. The summed E-state index contributed by atoms with van der Waals surface area (Å²) in [5.74, 6) is 1.48. The molecular formula is C16H25N3O2S. The van der Waals surface area contributed by atoms with Gasteiger partial charge in [0.1, 0.15) is 0 Å². The summed E-state index contributed by atoms with van der Waals surface area (Å²) in [6, 6.07) is 8.43. The monoisotopic (exact) mass is 323 g/mol. The lowest BCUT2D eigenvalue weighted by molar-refractivity contribution is 0.599. The minimum absolute atomic E-state index is 0.0366. The molecule has 1 aromatic rings. The maximum absolute atomic E-state index is 11.5. The van der Waals surface area contributed by atoms with Gasteiger partial charge in [0, 0.05) is 19.6 Å². The second-order valence-electron chi connectivity index (χ2n) is 6.01. The molecule has 2 N–H and O–H groups in total. The minimum atomic E-state index is -2.87. The SMILES string of the molecule is CN=C(NCC(C)c1cccc(C)c1)NC1CCS(=O)(=O)C1. The van der Waals surface area contributed by atoms with E-state index in [0.717, 1.165) is 6.54 Å². The molecule has 0 aliphatic carbocycles. The van der Waals surface area contributed by atoms with E-state index in [9.17, 15) is 8.42 Å². The molecule has 122 valence electrons. The summed E-state index contributed by atoms with van der Waals surface area (Å²) in [6.07, 6.45) is 0.649. The van der Waals surface area contributed by atoms with Crippen molar-refractivity contribution < 1.29 is 8.42 Å². The molecule has 2 unspecified atom stereocenters. The molecule has 1 saturated heterocycles. The Morgan fingerprint density at radius 1 is 1.45 bits per heavy atom. The van der Waals surface area contributed by atoms with Crippen molar-refractivity contribution in [2.45, 2.75) is 32.2 Å². The Hall–Kier alpha value is -1.56. The first kappa shape index (κ1) is 16.8. The van der Waals surface area contributed by atoms with Crippen molar-refractivity contribution in [2.24, 2.45) is 4.99 Å². The highest BCUT2D eigenvalue weighted by Gasteiger charge is 2.28. The highest BCUT2D eigenvalue weighted by molar-refractivity contribution is 7.91. The Bertz CT molecular complexity index is 641. The first-order valence-corrected chi connectivity index (χ1v) is 9.46. The molecule has 0 amide bonds. The lowest BCUT2D eigenvalue weighted by Gasteiger charge is -2.19. The molecule has 0 bridgehead atoms. The lowest BCUT2D eigenvalue weighted by Crippen LogP contribution is -2.44. The Kier molecular flexibility index (Phi) is 5.45. The molecule has 2 rings (SSSR count). The Balaban J connectivity index is 1.86. The van der Waals surface area contributed by atoms with Crippen LogP contribution in [0.5, 0.6) is 0 Å². The van der Waals surface area contributed by atoms with E-state index in [1.165, 1.54) is 11.1 Å². The zero-order chi connectivity index (χ0) is 16.2. The van der Waals surface area contributed by atoms with E-state index in [4.69, 9.17) is 0 Å². The maximum Gasteiger partial charge on any atom is 0.191 e. The summed E-state index contributed by atoms with van der Waals surface area (Å²) in [7, 11) is -1.17. The van der Waals surface area contributed by atoms with Gasteiger partial charge in [-0.15, -0.1) is 0 Å². The summed E-state index contributed by atoms with van der Waals surface area (Å²) in [5, 5.41) is 6.48. The van der Waals surface area contributed by atoms with Crippen LogP contribution in [0, 0.1) is 6.92 Å². The third kappa shape index (κ3) is 4.73. The summed E-state index contributed by atoms with van der Waals surface area (Å²) in [6.45, 7) is 5.00. The zero-order valence-corrected chi connectivity index (χ0v) is 14.3. The molecular weight excluding hydrogens is 298 g/mol. The Labute approximate surface area is 133 Å². The zero-order valence-electron chi connectivity index (χ0n) is 13.5. The number of hydrogen-bond acceptors (Lipinski definition) is 3. The van der Waals surface area contributed by atoms with E-state index in [2.05, 4.69) is 53.7 Å². The van der Waals surface area contributed by atoms with Crippen LogP contribution < -0.4 is 10.6 Å². The normalized spacial score (nSPS) is 22.3. The van der Waals surface area contributed by atoms with E-state index >= 15 is 0 Å². The van der Waals surface area contributed by atoms with Crippen LogP contribution in [0.4, 0.5) is 0 Å². The fourth-order valence-corrected chi connectivity index (χ4v) is 4.31. The van der Waals surface area contributed by atoms with Crippen LogP contribution in [0.2, 0.25) is 0 Å². The van der Waals surface area contributed by atoms with E-state index in [0.29, 0.717) is 18.3 Å². The molecule has 0 aromatic heterocycles. The fourth-order valence-electron chi connectivity index (χ4n) is 2.64. The number of aliphatic imine (C=N–C) groups is 1.